The molecule has 410 valence electrons. The third-order valence-electron chi connectivity index (χ3n) is 15.8. The standard InChI is InChI=1S/C58H98N4O10/c1-13-42(6)55(61(10)58(68)48(40(2)3)38-51(65)54(41(4)5)60(8)9)52(69-11)39-53(66)62-31-20-27-49(62)56(70-12)43(7)50(64)37-46(36-45-24-18-15-19-25-45)57(67)59-30-33-72-35-34-71-32-21-26-47(63)29-28-44-22-16-14-17-23-44/h15,18-19,24-25,40-44,46,48-49,52,54-56H,13-14,16-17,20-23,26-39H2,1-12H3,(H,59,67)/t42-,43-,46-,48-,49-,52+,54-,55-,56+/m0/s1. The summed E-state index contributed by atoms with van der Waals surface area (Å²) in [4.78, 5) is 88.5. The monoisotopic (exact) mass is 1010 g/mol. The molecule has 1 aliphatic carbocycles. The van der Waals surface area contributed by atoms with Crippen LogP contribution < -0.4 is 5.32 Å². The van der Waals surface area contributed by atoms with E-state index in [1.54, 1.807) is 26.2 Å². The van der Waals surface area contributed by atoms with Crippen LogP contribution in [-0.2, 0) is 54.1 Å². The van der Waals surface area contributed by atoms with E-state index in [0.717, 1.165) is 30.7 Å². The number of hydrogen-bond acceptors (Lipinski definition) is 11. The van der Waals surface area contributed by atoms with Crippen LogP contribution in [0.3, 0.4) is 0 Å². The van der Waals surface area contributed by atoms with Crippen molar-refractivity contribution in [2.75, 3.05) is 74.9 Å². The van der Waals surface area contributed by atoms with Crippen molar-refractivity contribution in [3.8, 4) is 0 Å². The first-order valence-electron chi connectivity index (χ1n) is 27.7. The molecule has 3 amide bonds. The van der Waals surface area contributed by atoms with Crippen LogP contribution in [0.1, 0.15) is 150 Å². The molecule has 1 N–H and O–H groups in total. The fraction of sp³-hybridized carbons (Fsp3) is 0.793. The van der Waals surface area contributed by atoms with Gasteiger partial charge in [0.2, 0.25) is 17.7 Å². The Labute approximate surface area is 435 Å². The van der Waals surface area contributed by atoms with E-state index in [0.29, 0.717) is 70.9 Å². The number of carbonyl (C=O) groups is 6. The fourth-order valence-electron chi connectivity index (χ4n) is 11.4. The lowest BCUT2D eigenvalue weighted by Gasteiger charge is -2.41. The smallest absolute Gasteiger partial charge is 0.226 e. The topological polar surface area (TPSA) is 161 Å². The van der Waals surface area contributed by atoms with Crippen LogP contribution in [0.5, 0.6) is 0 Å². The van der Waals surface area contributed by atoms with E-state index in [1.807, 2.05) is 88.8 Å². The minimum absolute atomic E-state index is 0.000853. The van der Waals surface area contributed by atoms with Gasteiger partial charge in [0.1, 0.15) is 11.6 Å². The number of nitrogens with zero attached hydrogens (tertiary/aromatic N) is 3. The predicted molar refractivity (Wildman–Crippen MR) is 284 cm³/mol. The van der Waals surface area contributed by atoms with Crippen molar-refractivity contribution in [3.05, 3.63) is 35.9 Å². The largest absolute Gasteiger partial charge is 0.379 e. The molecule has 14 nitrogen and oxygen atoms in total. The van der Waals surface area contributed by atoms with Crippen molar-refractivity contribution in [1.29, 1.82) is 0 Å². The average molecular weight is 1010 g/mol. The maximum Gasteiger partial charge on any atom is 0.226 e. The Kier molecular flexibility index (Phi) is 29.1. The Hall–Kier alpha value is -3.56. The summed E-state index contributed by atoms with van der Waals surface area (Å²) in [5, 5.41) is 2.99. The number of nitrogens with one attached hydrogen (secondary N) is 1. The highest BCUT2D eigenvalue weighted by Gasteiger charge is 2.43. The Bertz CT molecular complexity index is 1760. The molecule has 1 aliphatic heterocycles. The van der Waals surface area contributed by atoms with Gasteiger partial charge in [0, 0.05) is 84.4 Å². The van der Waals surface area contributed by atoms with Crippen molar-refractivity contribution in [2.24, 2.45) is 41.4 Å². The second-order valence-corrected chi connectivity index (χ2v) is 22.0. The first-order chi connectivity index (χ1) is 34.4. The van der Waals surface area contributed by atoms with E-state index in [1.165, 1.54) is 32.1 Å². The number of ether oxygens (including phenoxy) is 4. The van der Waals surface area contributed by atoms with Crippen LogP contribution in [-0.4, -0.2) is 155 Å². The summed E-state index contributed by atoms with van der Waals surface area (Å²) in [6.07, 6.45) is 10.9. The Morgan fingerprint density at radius 2 is 1.42 bits per heavy atom. The number of rotatable bonds is 36. The van der Waals surface area contributed by atoms with E-state index in [9.17, 15) is 28.8 Å². The number of carbonyl (C=O) groups excluding carboxylic acids is 6. The Morgan fingerprint density at radius 1 is 0.750 bits per heavy atom. The quantitative estimate of drug-likeness (QED) is 0.0643. The van der Waals surface area contributed by atoms with Gasteiger partial charge in [-0.15, -0.1) is 0 Å². The Morgan fingerprint density at radius 3 is 2.01 bits per heavy atom. The molecule has 1 aromatic carbocycles. The number of ketones is 3. The molecular formula is C58H98N4O10. The zero-order valence-corrected chi connectivity index (χ0v) is 46.8. The van der Waals surface area contributed by atoms with Crippen molar-refractivity contribution in [2.45, 2.75) is 182 Å². The lowest BCUT2D eigenvalue weighted by atomic mass is 9.83. The molecule has 0 spiro atoms. The van der Waals surface area contributed by atoms with E-state index < -0.39 is 36.0 Å². The van der Waals surface area contributed by atoms with Crippen molar-refractivity contribution in [1.82, 2.24) is 20.0 Å². The highest BCUT2D eigenvalue weighted by atomic mass is 16.5. The van der Waals surface area contributed by atoms with Gasteiger partial charge in [-0.3, -0.25) is 33.7 Å². The second-order valence-electron chi connectivity index (χ2n) is 22.0. The summed E-state index contributed by atoms with van der Waals surface area (Å²) in [6.45, 7) is 16.3. The third-order valence-corrected chi connectivity index (χ3v) is 15.8. The van der Waals surface area contributed by atoms with Gasteiger partial charge in [-0.25, -0.2) is 0 Å². The summed E-state index contributed by atoms with van der Waals surface area (Å²) in [6, 6.07) is 8.56. The normalized spacial score (nSPS) is 18.9. The number of methoxy groups -OCH3 is 2. The van der Waals surface area contributed by atoms with Gasteiger partial charge in [0.25, 0.3) is 0 Å². The number of likely N-dealkylation sites (N-methyl/N-ethyl adjacent to an activating group) is 2. The third kappa shape index (κ3) is 20.3. The highest BCUT2D eigenvalue weighted by molar-refractivity contribution is 5.90. The van der Waals surface area contributed by atoms with E-state index in [-0.39, 0.29) is 84.9 Å². The number of benzene rings is 1. The van der Waals surface area contributed by atoms with E-state index >= 15 is 0 Å². The molecule has 2 fully saturated rings. The highest BCUT2D eigenvalue weighted by Crippen LogP contribution is 2.32. The van der Waals surface area contributed by atoms with Gasteiger partial charge in [-0.05, 0) is 75.4 Å². The molecule has 3 rings (SSSR count). The van der Waals surface area contributed by atoms with Gasteiger partial charge in [0.05, 0.1) is 56.6 Å². The van der Waals surface area contributed by atoms with Gasteiger partial charge in [-0.2, -0.15) is 0 Å². The average Bonchev–Trinajstić information content (AvgIpc) is 3.84. The van der Waals surface area contributed by atoms with Gasteiger partial charge in [-0.1, -0.05) is 117 Å². The molecule has 14 heteroatoms. The first kappa shape index (κ1) is 62.7. The van der Waals surface area contributed by atoms with Gasteiger partial charge < -0.3 is 34.1 Å². The predicted octanol–water partition coefficient (Wildman–Crippen LogP) is 8.40. The maximum atomic E-state index is 14.5. The molecule has 1 saturated heterocycles. The van der Waals surface area contributed by atoms with Crippen LogP contribution in [0.25, 0.3) is 0 Å². The summed E-state index contributed by atoms with van der Waals surface area (Å²) in [5.74, 6) is -1.32. The molecular weight excluding hydrogens is 913 g/mol. The number of hydrogen-bond donors (Lipinski definition) is 1. The minimum Gasteiger partial charge on any atom is -0.379 e. The number of amides is 3. The molecule has 2 aliphatic rings. The van der Waals surface area contributed by atoms with Crippen LogP contribution in [0.15, 0.2) is 30.3 Å². The molecule has 1 heterocycles. The van der Waals surface area contributed by atoms with Crippen molar-refractivity contribution in [3.63, 3.8) is 0 Å². The fourth-order valence-corrected chi connectivity index (χ4v) is 11.4. The van der Waals surface area contributed by atoms with Crippen molar-refractivity contribution < 1.29 is 47.7 Å². The maximum absolute atomic E-state index is 14.5. The lowest BCUT2D eigenvalue weighted by molar-refractivity contribution is -0.149. The summed E-state index contributed by atoms with van der Waals surface area (Å²) < 4.78 is 23.6. The van der Waals surface area contributed by atoms with Gasteiger partial charge in [0.15, 0.2) is 5.78 Å². The van der Waals surface area contributed by atoms with Crippen LogP contribution in [0.2, 0.25) is 0 Å². The molecule has 1 aromatic rings. The SMILES string of the molecule is CC[C@H](C)[C@@H]([C@@H](CC(=O)N1CCC[C@H]1[C@H](OC)[C@@H](C)C(=O)C[C@H](Cc1ccccc1)C(=O)NCCOCCOCCCC(=O)CCC1CCCCC1)OC)N(C)C(=O)[C@@H](CC(=O)[C@H](C(C)C)N(C)C)C(C)C. The minimum atomic E-state index is -0.632. The van der Waals surface area contributed by atoms with Gasteiger partial charge >= 0.3 is 0 Å². The number of Topliss-reactive ketones (excluding diaryl/α,β-unsaturated/α-hetero) is 3. The molecule has 1 saturated carbocycles. The molecule has 0 radical (unpaired) electrons. The first-order valence-corrected chi connectivity index (χ1v) is 27.7. The van der Waals surface area contributed by atoms with Crippen LogP contribution in [0.4, 0.5) is 0 Å². The Balaban J connectivity index is 1.60. The zero-order valence-electron chi connectivity index (χ0n) is 46.8. The molecule has 9 atom stereocenters. The zero-order chi connectivity index (χ0) is 53.3. The molecule has 72 heavy (non-hydrogen) atoms. The summed E-state index contributed by atoms with van der Waals surface area (Å²) in [7, 11) is 8.72. The van der Waals surface area contributed by atoms with Crippen LogP contribution in [0, 0.1) is 41.4 Å². The summed E-state index contributed by atoms with van der Waals surface area (Å²) in [5.41, 5.74) is 0.946. The second kappa shape index (κ2) is 33.4. The molecule has 0 aromatic heterocycles. The lowest BCUT2D eigenvalue weighted by Crippen LogP contribution is -2.54. The van der Waals surface area contributed by atoms with Crippen molar-refractivity contribution >= 4 is 35.1 Å². The summed E-state index contributed by atoms with van der Waals surface area (Å²) >= 11 is 0. The number of likely N-dealkylation sites (tertiary alicyclic amines) is 1. The molecule has 0 unspecified atom stereocenters. The molecule has 0 bridgehead atoms. The van der Waals surface area contributed by atoms with E-state index in [2.05, 4.69) is 19.2 Å². The van der Waals surface area contributed by atoms with Crippen LogP contribution >= 0.6 is 0 Å². The van der Waals surface area contributed by atoms with E-state index in [4.69, 9.17) is 18.9 Å².